The van der Waals surface area contributed by atoms with E-state index < -0.39 is 0 Å². The largest absolute Gasteiger partial charge is 0.396 e. The van der Waals surface area contributed by atoms with Gasteiger partial charge in [-0.15, -0.1) is 0 Å². The molecule has 4 atom stereocenters. The van der Waals surface area contributed by atoms with Crippen LogP contribution in [0.4, 0.5) is 0 Å². The molecule has 0 aromatic rings. The molecule has 0 amide bonds. The molecule has 2 aliphatic rings. The Morgan fingerprint density at radius 2 is 0.900 bits per heavy atom. The van der Waals surface area contributed by atoms with Gasteiger partial charge in [0.05, 0.1) is 0 Å². The van der Waals surface area contributed by atoms with Crippen molar-refractivity contribution < 1.29 is 10.2 Å². The highest BCUT2D eigenvalue weighted by Gasteiger charge is 2.23. The van der Waals surface area contributed by atoms with Crippen molar-refractivity contribution in [3.63, 3.8) is 0 Å². The first-order valence-electron chi connectivity index (χ1n) is 8.10. The van der Waals surface area contributed by atoms with Crippen LogP contribution >= 0.6 is 31.9 Å². The molecule has 0 aromatic carbocycles. The highest BCUT2D eigenvalue weighted by Crippen LogP contribution is 2.32. The number of aliphatic hydroxyl groups excluding tert-OH is 2. The number of hydrogen-bond acceptors (Lipinski definition) is 2. The second-order valence-electron chi connectivity index (χ2n) is 6.28. The van der Waals surface area contributed by atoms with E-state index >= 15 is 0 Å². The number of halogens is 2. The van der Waals surface area contributed by atoms with E-state index in [0.29, 0.717) is 11.8 Å². The van der Waals surface area contributed by atoms with Crippen LogP contribution in [0.15, 0.2) is 0 Å². The molecule has 2 rings (SSSR count). The van der Waals surface area contributed by atoms with Gasteiger partial charge in [-0.1, -0.05) is 57.5 Å². The molecule has 2 aliphatic carbocycles. The standard InChI is InChI=1S/C8H14Br2.C8H16O2/c2*9-5-7-3-1-2-4-8(7)6-10/h7-8H,1-6H2;7-10H,1-6H2/t2*7-,8+. The molecule has 0 unspecified atom stereocenters. The minimum absolute atomic E-state index is 0.255. The van der Waals surface area contributed by atoms with E-state index in [2.05, 4.69) is 31.9 Å². The molecule has 20 heavy (non-hydrogen) atoms. The molecule has 0 heterocycles. The summed E-state index contributed by atoms with van der Waals surface area (Å²) in [5, 5.41) is 20.2. The van der Waals surface area contributed by atoms with E-state index in [0.717, 1.165) is 24.7 Å². The third-order valence-electron chi connectivity index (χ3n) is 5.00. The summed E-state index contributed by atoms with van der Waals surface area (Å²) < 4.78 is 0. The quantitative estimate of drug-likeness (QED) is 0.672. The van der Waals surface area contributed by atoms with E-state index in [1.54, 1.807) is 0 Å². The lowest BCUT2D eigenvalue weighted by Crippen LogP contribution is -2.25. The molecule has 2 saturated carbocycles. The van der Waals surface area contributed by atoms with Crippen LogP contribution in [0.3, 0.4) is 0 Å². The van der Waals surface area contributed by atoms with Crippen LogP contribution in [-0.2, 0) is 0 Å². The third kappa shape index (κ3) is 6.33. The predicted molar refractivity (Wildman–Crippen MR) is 92.7 cm³/mol. The van der Waals surface area contributed by atoms with Gasteiger partial charge in [0.25, 0.3) is 0 Å². The number of aliphatic hydroxyl groups is 2. The monoisotopic (exact) mass is 412 g/mol. The zero-order valence-corrected chi connectivity index (χ0v) is 15.6. The molecular weight excluding hydrogens is 384 g/mol. The Balaban J connectivity index is 0.000000200. The molecule has 0 radical (unpaired) electrons. The summed E-state index contributed by atoms with van der Waals surface area (Å²) in [6.45, 7) is 0.510. The van der Waals surface area contributed by atoms with Gasteiger partial charge in [-0.25, -0.2) is 0 Å². The Bertz CT molecular complexity index is 191. The minimum atomic E-state index is 0.255. The lowest BCUT2D eigenvalue weighted by molar-refractivity contribution is 0.0869. The highest BCUT2D eigenvalue weighted by molar-refractivity contribution is 9.09. The van der Waals surface area contributed by atoms with E-state index in [1.807, 2.05) is 0 Å². The molecule has 2 nitrogen and oxygen atoms in total. The molecule has 2 fully saturated rings. The molecule has 0 bridgehead atoms. The maximum atomic E-state index is 8.88. The molecule has 0 saturated heterocycles. The van der Waals surface area contributed by atoms with Crippen LogP contribution in [0.1, 0.15) is 51.4 Å². The zero-order chi connectivity index (χ0) is 14.8. The van der Waals surface area contributed by atoms with Crippen molar-refractivity contribution in [2.45, 2.75) is 51.4 Å². The van der Waals surface area contributed by atoms with Gasteiger partial charge < -0.3 is 10.2 Å². The average Bonchev–Trinajstić information content (AvgIpc) is 2.55. The molecule has 0 aromatic heterocycles. The molecular formula is C16H30Br2O2. The summed E-state index contributed by atoms with van der Waals surface area (Å²) in [7, 11) is 0. The molecule has 4 heteroatoms. The molecule has 0 spiro atoms. The van der Waals surface area contributed by atoms with Crippen molar-refractivity contribution in [1.82, 2.24) is 0 Å². The summed E-state index contributed by atoms with van der Waals surface area (Å²) in [6.07, 6.45) is 10.4. The number of alkyl halides is 2. The second kappa shape index (κ2) is 11.4. The Hall–Kier alpha value is 0.880. The van der Waals surface area contributed by atoms with Crippen LogP contribution in [-0.4, -0.2) is 34.1 Å². The number of rotatable bonds is 4. The van der Waals surface area contributed by atoms with Crippen molar-refractivity contribution in [1.29, 1.82) is 0 Å². The zero-order valence-electron chi connectivity index (χ0n) is 12.4. The van der Waals surface area contributed by atoms with Crippen molar-refractivity contribution >= 4 is 31.9 Å². The van der Waals surface area contributed by atoms with E-state index in [4.69, 9.17) is 10.2 Å². The maximum absolute atomic E-state index is 8.88. The fraction of sp³-hybridized carbons (Fsp3) is 1.00. The maximum Gasteiger partial charge on any atom is 0.0462 e. The van der Waals surface area contributed by atoms with Gasteiger partial charge in [-0.3, -0.25) is 0 Å². The highest BCUT2D eigenvalue weighted by atomic mass is 79.9. The Morgan fingerprint density at radius 3 is 1.15 bits per heavy atom. The normalized spacial score (nSPS) is 34.2. The Morgan fingerprint density at radius 1 is 0.600 bits per heavy atom. The summed E-state index contributed by atoms with van der Waals surface area (Å²) in [5.74, 6) is 2.62. The molecule has 0 aliphatic heterocycles. The Labute approximate surface area is 141 Å². The van der Waals surface area contributed by atoms with Gasteiger partial charge in [0.1, 0.15) is 0 Å². The predicted octanol–water partition coefficient (Wildman–Crippen LogP) is 4.36. The van der Waals surface area contributed by atoms with Crippen LogP contribution in [0.25, 0.3) is 0 Å². The Kier molecular flexibility index (Phi) is 10.8. The SMILES string of the molecule is BrC[C@@H]1CCCC[C@@H]1CBr.OC[C@@H]1CCCC[C@@H]1CO. The number of hydrogen-bond donors (Lipinski definition) is 2. The van der Waals surface area contributed by atoms with Crippen molar-refractivity contribution in [3.05, 3.63) is 0 Å². The van der Waals surface area contributed by atoms with Crippen molar-refractivity contribution in [2.24, 2.45) is 23.7 Å². The van der Waals surface area contributed by atoms with Gasteiger partial charge in [-0.2, -0.15) is 0 Å². The summed E-state index contributed by atoms with van der Waals surface area (Å²) in [4.78, 5) is 0. The second-order valence-corrected chi connectivity index (χ2v) is 7.58. The summed E-state index contributed by atoms with van der Waals surface area (Å²) >= 11 is 7.14. The van der Waals surface area contributed by atoms with Gasteiger partial charge in [0, 0.05) is 23.9 Å². The molecule has 120 valence electrons. The van der Waals surface area contributed by atoms with Gasteiger partial charge in [0.2, 0.25) is 0 Å². The fourth-order valence-corrected chi connectivity index (χ4v) is 5.16. The molecule has 2 N–H and O–H groups in total. The van der Waals surface area contributed by atoms with Gasteiger partial charge in [0.15, 0.2) is 0 Å². The van der Waals surface area contributed by atoms with Gasteiger partial charge >= 0.3 is 0 Å². The lowest BCUT2D eigenvalue weighted by Gasteiger charge is -2.28. The van der Waals surface area contributed by atoms with E-state index in [9.17, 15) is 0 Å². The third-order valence-corrected chi connectivity index (χ3v) is 6.66. The van der Waals surface area contributed by atoms with Crippen molar-refractivity contribution in [2.75, 3.05) is 23.9 Å². The van der Waals surface area contributed by atoms with Crippen LogP contribution in [0.5, 0.6) is 0 Å². The van der Waals surface area contributed by atoms with Crippen molar-refractivity contribution in [3.8, 4) is 0 Å². The first kappa shape index (κ1) is 18.9. The first-order valence-corrected chi connectivity index (χ1v) is 10.3. The fourth-order valence-electron chi connectivity index (χ4n) is 3.46. The average molecular weight is 414 g/mol. The topological polar surface area (TPSA) is 40.5 Å². The smallest absolute Gasteiger partial charge is 0.0462 e. The van der Waals surface area contributed by atoms with Crippen LogP contribution < -0.4 is 0 Å². The summed E-state index contributed by atoms with van der Waals surface area (Å²) in [5.41, 5.74) is 0. The van der Waals surface area contributed by atoms with E-state index in [-0.39, 0.29) is 13.2 Å². The minimum Gasteiger partial charge on any atom is -0.396 e. The lowest BCUT2D eigenvalue weighted by atomic mass is 9.80. The van der Waals surface area contributed by atoms with Crippen LogP contribution in [0, 0.1) is 23.7 Å². The summed E-state index contributed by atoms with van der Waals surface area (Å²) in [6, 6.07) is 0. The first-order chi connectivity index (χ1) is 9.76. The van der Waals surface area contributed by atoms with Gasteiger partial charge in [-0.05, 0) is 49.4 Å². The van der Waals surface area contributed by atoms with Crippen LogP contribution in [0.2, 0.25) is 0 Å². The van der Waals surface area contributed by atoms with E-state index in [1.165, 1.54) is 49.2 Å².